The zero-order chi connectivity index (χ0) is 10.6. The Balaban J connectivity index is 3.07. The van der Waals surface area contributed by atoms with Crippen LogP contribution in [0.1, 0.15) is 17.3 Å². The summed E-state index contributed by atoms with van der Waals surface area (Å²) < 4.78 is 4.65. The number of hydrogen-bond acceptors (Lipinski definition) is 5. The van der Waals surface area contributed by atoms with Crippen LogP contribution >= 0.6 is 0 Å². The molecule has 0 unspecified atom stereocenters. The molecule has 1 heterocycles. The maximum Gasteiger partial charge on any atom is 0.345 e. The van der Waals surface area contributed by atoms with Crippen LogP contribution in [0.4, 0.5) is 5.69 Å². The lowest BCUT2D eigenvalue weighted by Crippen LogP contribution is -2.08. The van der Waals surface area contributed by atoms with E-state index in [1.165, 1.54) is 12.3 Å². The van der Waals surface area contributed by atoms with Crippen LogP contribution in [0.25, 0.3) is 0 Å². The van der Waals surface area contributed by atoms with Crippen molar-refractivity contribution < 1.29 is 14.5 Å². The fourth-order valence-corrected chi connectivity index (χ4v) is 0.913. The van der Waals surface area contributed by atoms with Crippen molar-refractivity contribution in [3.63, 3.8) is 0 Å². The van der Waals surface area contributed by atoms with Gasteiger partial charge in [-0.25, -0.2) is 4.79 Å². The summed E-state index contributed by atoms with van der Waals surface area (Å²) in [4.78, 5) is 24.6. The van der Waals surface area contributed by atoms with Crippen LogP contribution in [0, 0.1) is 10.1 Å². The zero-order valence-electron chi connectivity index (χ0n) is 7.47. The molecule has 6 heteroatoms. The Morgan fingerprint density at radius 1 is 1.71 bits per heavy atom. The van der Waals surface area contributed by atoms with Crippen molar-refractivity contribution >= 4 is 11.7 Å². The predicted molar refractivity (Wildman–Crippen MR) is 46.8 cm³/mol. The van der Waals surface area contributed by atoms with Crippen molar-refractivity contribution in [3.8, 4) is 0 Å². The van der Waals surface area contributed by atoms with E-state index in [1.807, 2.05) is 0 Å². The Hall–Kier alpha value is -1.98. The second kappa shape index (κ2) is 4.31. The highest BCUT2D eigenvalue weighted by atomic mass is 16.6. The van der Waals surface area contributed by atoms with Gasteiger partial charge in [0.15, 0.2) is 0 Å². The summed E-state index contributed by atoms with van der Waals surface area (Å²) >= 11 is 0. The smallest absolute Gasteiger partial charge is 0.345 e. The number of esters is 1. The first-order valence-corrected chi connectivity index (χ1v) is 3.92. The Labute approximate surface area is 79.7 Å². The topological polar surface area (TPSA) is 82.3 Å². The van der Waals surface area contributed by atoms with Gasteiger partial charge in [0.1, 0.15) is 11.8 Å². The Morgan fingerprint density at radius 2 is 2.43 bits per heavy atom. The minimum atomic E-state index is -0.707. The lowest BCUT2D eigenvalue weighted by Gasteiger charge is -2.01. The molecule has 1 aromatic heterocycles. The number of nitro groups is 1. The number of aromatic nitrogens is 1. The Bertz CT molecular complexity index is 364. The summed E-state index contributed by atoms with van der Waals surface area (Å²) in [5.41, 5.74) is -0.419. The largest absolute Gasteiger partial charge is 0.462 e. The van der Waals surface area contributed by atoms with Crippen LogP contribution in [-0.4, -0.2) is 22.5 Å². The molecule has 0 saturated carbocycles. The second-order valence-electron chi connectivity index (χ2n) is 2.37. The highest BCUT2D eigenvalue weighted by molar-refractivity contribution is 5.93. The number of nitrogens with zero attached hydrogens (tertiary/aromatic N) is 2. The lowest BCUT2D eigenvalue weighted by atomic mass is 10.2. The van der Waals surface area contributed by atoms with Crippen molar-refractivity contribution in [1.29, 1.82) is 0 Å². The van der Waals surface area contributed by atoms with Crippen molar-refractivity contribution in [2.24, 2.45) is 0 Å². The second-order valence-corrected chi connectivity index (χ2v) is 2.37. The SMILES string of the molecule is CCOC(=O)c1ccncc1[N+](=O)[O-]. The Kier molecular flexibility index (Phi) is 3.11. The molecular formula is C8H8N2O4. The van der Waals surface area contributed by atoms with Gasteiger partial charge in [0.25, 0.3) is 0 Å². The summed E-state index contributed by atoms with van der Waals surface area (Å²) in [5, 5.41) is 10.5. The molecule has 0 radical (unpaired) electrons. The third-order valence-electron chi connectivity index (χ3n) is 1.49. The van der Waals surface area contributed by atoms with Gasteiger partial charge in [-0.3, -0.25) is 15.1 Å². The van der Waals surface area contributed by atoms with Crippen LogP contribution in [0.3, 0.4) is 0 Å². The average molecular weight is 196 g/mol. The summed E-state index contributed by atoms with van der Waals surface area (Å²) in [6.45, 7) is 1.81. The molecular weight excluding hydrogens is 188 g/mol. The van der Waals surface area contributed by atoms with Gasteiger partial charge in [0.2, 0.25) is 0 Å². The molecule has 0 N–H and O–H groups in total. The molecule has 0 fully saturated rings. The molecule has 0 aliphatic carbocycles. The number of pyridine rings is 1. The van der Waals surface area contributed by atoms with Gasteiger partial charge in [-0.05, 0) is 13.0 Å². The third kappa shape index (κ3) is 2.03. The van der Waals surface area contributed by atoms with Crippen molar-refractivity contribution in [1.82, 2.24) is 4.98 Å². The molecule has 1 aromatic rings. The highest BCUT2D eigenvalue weighted by Gasteiger charge is 2.20. The van der Waals surface area contributed by atoms with Crippen LogP contribution in [0.2, 0.25) is 0 Å². The van der Waals surface area contributed by atoms with Crippen molar-refractivity contribution in [3.05, 3.63) is 34.1 Å². The van der Waals surface area contributed by atoms with E-state index >= 15 is 0 Å². The summed E-state index contributed by atoms with van der Waals surface area (Å²) in [5.74, 6) is -0.707. The number of ether oxygens (including phenoxy) is 1. The van der Waals surface area contributed by atoms with Crippen molar-refractivity contribution in [2.45, 2.75) is 6.92 Å². The molecule has 0 aromatic carbocycles. The Morgan fingerprint density at radius 3 is 3.00 bits per heavy atom. The molecule has 74 valence electrons. The molecule has 0 spiro atoms. The van der Waals surface area contributed by atoms with Crippen LogP contribution < -0.4 is 0 Å². The van der Waals surface area contributed by atoms with E-state index < -0.39 is 10.9 Å². The van der Waals surface area contributed by atoms with E-state index in [0.29, 0.717) is 0 Å². The van der Waals surface area contributed by atoms with Crippen LogP contribution in [0.5, 0.6) is 0 Å². The maximum absolute atomic E-state index is 11.2. The fraction of sp³-hybridized carbons (Fsp3) is 0.250. The van der Waals surface area contributed by atoms with Gasteiger partial charge in [0.05, 0.1) is 11.5 Å². The molecule has 0 saturated heterocycles. The fourth-order valence-electron chi connectivity index (χ4n) is 0.913. The van der Waals surface area contributed by atoms with E-state index in [-0.39, 0.29) is 17.9 Å². The first-order valence-electron chi connectivity index (χ1n) is 3.92. The first-order chi connectivity index (χ1) is 6.66. The number of carbonyl (C=O) groups excluding carboxylic acids is 1. The van der Waals surface area contributed by atoms with E-state index in [2.05, 4.69) is 9.72 Å². The van der Waals surface area contributed by atoms with E-state index in [0.717, 1.165) is 6.20 Å². The molecule has 0 amide bonds. The standard InChI is InChI=1S/C8H8N2O4/c1-2-14-8(11)6-3-4-9-5-7(6)10(12)13/h3-5H,2H2,1H3. The number of rotatable bonds is 3. The van der Waals surface area contributed by atoms with E-state index in [1.54, 1.807) is 6.92 Å². The van der Waals surface area contributed by atoms with Gasteiger partial charge in [-0.15, -0.1) is 0 Å². The predicted octanol–water partition coefficient (Wildman–Crippen LogP) is 1.17. The zero-order valence-corrected chi connectivity index (χ0v) is 7.47. The van der Waals surface area contributed by atoms with Crippen LogP contribution in [-0.2, 0) is 4.74 Å². The van der Waals surface area contributed by atoms with Gasteiger partial charge in [-0.2, -0.15) is 0 Å². The molecule has 0 bridgehead atoms. The van der Waals surface area contributed by atoms with Crippen molar-refractivity contribution in [2.75, 3.05) is 6.61 Å². The van der Waals surface area contributed by atoms with Gasteiger partial charge in [-0.1, -0.05) is 0 Å². The molecule has 0 atom stereocenters. The van der Waals surface area contributed by atoms with E-state index in [9.17, 15) is 14.9 Å². The van der Waals surface area contributed by atoms with Gasteiger partial charge >= 0.3 is 11.7 Å². The molecule has 14 heavy (non-hydrogen) atoms. The minimum absolute atomic E-state index is 0.0770. The molecule has 0 aliphatic rings. The molecule has 1 rings (SSSR count). The minimum Gasteiger partial charge on any atom is -0.462 e. The van der Waals surface area contributed by atoms with Gasteiger partial charge in [0, 0.05) is 6.20 Å². The average Bonchev–Trinajstić information content (AvgIpc) is 2.18. The van der Waals surface area contributed by atoms with E-state index in [4.69, 9.17) is 0 Å². The number of hydrogen-bond donors (Lipinski definition) is 0. The maximum atomic E-state index is 11.2. The van der Waals surface area contributed by atoms with Crippen LogP contribution in [0.15, 0.2) is 18.5 Å². The lowest BCUT2D eigenvalue weighted by molar-refractivity contribution is -0.385. The third-order valence-corrected chi connectivity index (χ3v) is 1.49. The number of carbonyl (C=O) groups is 1. The first kappa shape index (κ1) is 10.1. The highest BCUT2D eigenvalue weighted by Crippen LogP contribution is 2.16. The summed E-state index contributed by atoms with van der Waals surface area (Å²) in [7, 11) is 0. The van der Waals surface area contributed by atoms with Gasteiger partial charge < -0.3 is 4.74 Å². The normalized spacial score (nSPS) is 9.50. The summed E-state index contributed by atoms with van der Waals surface area (Å²) in [6, 6.07) is 1.26. The molecule has 6 nitrogen and oxygen atoms in total. The quantitative estimate of drug-likeness (QED) is 0.411. The summed E-state index contributed by atoms with van der Waals surface area (Å²) in [6.07, 6.45) is 2.32. The monoisotopic (exact) mass is 196 g/mol. The molecule has 0 aliphatic heterocycles.